The van der Waals surface area contributed by atoms with E-state index in [0.717, 1.165) is 28.3 Å². The van der Waals surface area contributed by atoms with E-state index in [2.05, 4.69) is 27.1 Å². The van der Waals surface area contributed by atoms with E-state index < -0.39 is 0 Å². The number of para-hydroxylation sites is 1. The quantitative estimate of drug-likeness (QED) is 0.720. The minimum absolute atomic E-state index is 0.410. The number of aromatic amines is 1. The SMILES string of the molecule is Cc1ncc(-c2cc3ccccc3[nH]2)nc1CN. The number of aromatic nitrogens is 3. The van der Waals surface area contributed by atoms with Crippen molar-refractivity contribution in [3.05, 3.63) is 47.9 Å². The largest absolute Gasteiger partial charge is 0.353 e. The third-order valence-corrected chi connectivity index (χ3v) is 3.05. The van der Waals surface area contributed by atoms with Crippen molar-refractivity contribution in [2.45, 2.75) is 13.5 Å². The van der Waals surface area contributed by atoms with Gasteiger partial charge in [0, 0.05) is 17.4 Å². The Labute approximate surface area is 105 Å². The van der Waals surface area contributed by atoms with Crippen molar-refractivity contribution in [3.63, 3.8) is 0 Å². The lowest BCUT2D eigenvalue weighted by Crippen LogP contribution is -2.05. The predicted octanol–water partition coefficient (Wildman–Crippen LogP) is 2.39. The van der Waals surface area contributed by atoms with E-state index in [1.165, 1.54) is 5.39 Å². The number of nitrogens with zero attached hydrogens (tertiary/aromatic N) is 2. The number of H-pyrrole nitrogens is 1. The van der Waals surface area contributed by atoms with Crippen LogP contribution in [-0.4, -0.2) is 15.0 Å². The van der Waals surface area contributed by atoms with Gasteiger partial charge in [-0.25, -0.2) is 4.98 Å². The summed E-state index contributed by atoms with van der Waals surface area (Å²) in [4.78, 5) is 12.2. The maximum absolute atomic E-state index is 5.66. The summed E-state index contributed by atoms with van der Waals surface area (Å²) in [6.45, 7) is 2.33. The number of nitrogens with two attached hydrogens (primary N) is 1. The second-order valence-electron chi connectivity index (χ2n) is 4.26. The van der Waals surface area contributed by atoms with Gasteiger partial charge >= 0.3 is 0 Å². The lowest BCUT2D eigenvalue weighted by Gasteiger charge is -2.03. The van der Waals surface area contributed by atoms with Crippen molar-refractivity contribution in [1.82, 2.24) is 15.0 Å². The molecule has 0 aliphatic rings. The number of benzene rings is 1. The van der Waals surface area contributed by atoms with Gasteiger partial charge in [-0.15, -0.1) is 0 Å². The van der Waals surface area contributed by atoms with Crippen molar-refractivity contribution < 1.29 is 0 Å². The summed E-state index contributed by atoms with van der Waals surface area (Å²) in [6.07, 6.45) is 1.78. The molecule has 0 spiro atoms. The van der Waals surface area contributed by atoms with E-state index in [1.807, 2.05) is 25.1 Å². The molecule has 0 saturated heterocycles. The Balaban J connectivity index is 2.13. The lowest BCUT2D eigenvalue weighted by molar-refractivity contribution is 0.931. The van der Waals surface area contributed by atoms with Crippen molar-refractivity contribution in [3.8, 4) is 11.4 Å². The molecular formula is C14H14N4. The van der Waals surface area contributed by atoms with Crippen LogP contribution in [0, 0.1) is 6.92 Å². The van der Waals surface area contributed by atoms with Crippen LogP contribution in [0.15, 0.2) is 36.5 Å². The molecule has 3 aromatic rings. The van der Waals surface area contributed by atoms with Gasteiger partial charge in [-0.1, -0.05) is 18.2 Å². The minimum atomic E-state index is 0.410. The van der Waals surface area contributed by atoms with Crippen LogP contribution in [0.3, 0.4) is 0 Å². The summed E-state index contributed by atoms with van der Waals surface area (Å²) in [7, 11) is 0. The Morgan fingerprint density at radius 1 is 1.28 bits per heavy atom. The lowest BCUT2D eigenvalue weighted by atomic mass is 10.2. The molecule has 2 heterocycles. The molecule has 0 fully saturated rings. The Bertz CT molecular complexity index is 667. The van der Waals surface area contributed by atoms with Crippen molar-refractivity contribution in [2.75, 3.05) is 0 Å². The average molecular weight is 238 g/mol. The Morgan fingerprint density at radius 3 is 2.89 bits per heavy atom. The molecule has 1 aromatic carbocycles. The first kappa shape index (κ1) is 10.9. The molecule has 2 aromatic heterocycles. The molecule has 0 unspecified atom stereocenters. The highest BCUT2D eigenvalue weighted by Gasteiger charge is 2.07. The monoisotopic (exact) mass is 238 g/mol. The summed E-state index contributed by atoms with van der Waals surface area (Å²) in [5, 5.41) is 1.17. The summed E-state index contributed by atoms with van der Waals surface area (Å²) >= 11 is 0. The first-order valence-corrected chi connectivity index (χ1v) is 5.88. The molecule has 3 rings (SSSR count). The molecule has 4 heteroatoms. The van der Waals surface area contributed by atoms with Gasteiger partial charge in [0.05, 0.1) is 23.3 Å². The van der Waals surface area contributed by atoms with Crippen molar-refractivity contribution in [2.24, 2.45) is 5.73 Å². The van der Waals surface area contributed by atoms with Crippen molar-refractivity contribution >= 4 is 10.9 Å². The Hall–Kier alpha value is -2.20. The Morgan fingerprint density at radius 2 is 2.11 bits per heavy atom. The summed E-state index contributed by atoms with van der Waals surface area (Å²) < 4.78 is 0. The van der Waals surface area contributed by atoms with E-state index in [4.69, 9.17) is 5.73 Å². The van der Waals surface area contributed by atoms with E-state index in [-0.39, 0.29) is 0 Å². The van der Waals surface area contributed by atoms with E-state index >= 15 is 0 Å². The number of hydrogen-bond donors (Lipinski definition) is 2. The zero-order valence-electron chi connectivity index (χ0n) is 10.1. The molecule has 18 heavy (non-hydrogen) atoms. The fraction of sp³-hybridized carbons (Fsp3) is 0.143. The first-order valence-electron chi connectivity index (χ1n) is 5.88. The highest BCUT2D eigenvalue weighted by molar-refractivity contribution is 5.84. The van der Waals surface area contributed by atoms with E-state index in [0.29, 0.717) is 6.54 Å². The van der Waals surface area contributed by atoms with Crippen molar-refractivity contribution in [1.29, 1.82) is 0 Å². The van der Waals surface area contributed by atoms with Gasteiger partial charge in [-0.05, 0) is 19.1 Å². The number of nitrogens with one attached hydrogen (secondary N) is 1. The van der Waals surface area contributed by atoms with Crippen LogP contribution < -0.4 is 5.73 Å². The third kappa shape index (κ3) is 1.76. The molecule has 0 saturated carbocycles. The van der Waals surface area contributed by atoms with Crippen LogP contribution in [-0.2, 0) is 6.54 Å². The summed E-state index contributed by atoms with van der Waals surface area (Å²) in [5.41, 5.74) is 10.3. The smallest absolute Gasteiger partial charge is 0.105 e. The van der Waals surface area contributed by atoms with Gasteiger partial charge in [0.15, 0.2) is 0 Å². The van der Waals surface area contributed by atoms with Gasteiger partial charge < -0.3 is 10.7 Å². The molecular weight excluding hydrogens is 224 g/mol. The Kier molecular flexibility index (Phi) is 2.57. The maximum atomic E-state index is 5.66. The van der Waals surface area contributed by atoms with Crippen LogP contribution in [0.4, 0.5) is 0 Å². The summed E-state index contributed by atoms with van der Waals surface area (Å²) in [6, 6.07) is 10.2. The van der Waals surface area contributed by atoms with Gasteiger partial charge in [-0.2, -0.15) is 0 Å². The third-order valence-electron chi connectivity index (χ3n) is 3.05. The summed E-state index contributed by atoms with van der Waals surface area (Å²) in [5.74, 6) is 0. The normalized spacial score (nSPS) is 11.0. The zero-order chi connectivity index (χ0) is 12.5. The highest BCUT2D eigenvalue weighted by atomic mass is 14.9. The molecule has 0 atom stereocenters. The van der Waals surface area contributed by atoms with Crippen LogP contribution in [0.5, 0.6) is 0 Å². The topological polar surface area (TPSA) is 67.6 Å². The number of rotatable bonds is 2. The molecule has 0 radical (unpaired) electrons. The minimum Gasteiger partial charge on any atom is -0.353 e. The van der Waals surface area contributed by atoms with E-state index in [9.17, 15) is 0 Å². The average Bonchev–Trinajstić information content (AvgIpc) is 2.83. The second-order valence-corrected chi connectivity index (χ2v) is 4.26. The molecule has 4 nitrogen and oxygen atoms in total. The molecule has 0 aliphatic heterocycles. The van der Waals surface area contributed by atoms with Crippen LogP contribution in [0.1, 0.15) is 11.4 Å². The number of hydrogen-bond acceptors (Lipinski definition) is 3. The van der Waals surface area contributed by atoms with E-state index in [1.54, 1.807) is 6.20 Å². The molecule has 90 valence electrons. The van der Waals surface area contributed by atoms with Crippen LogP contribution >= 0.6 is 0 Å². The van der Waals surface area contributed by atoms with Crippen LogP contribution in [0.2, 0.25) is 0 Å². The second kappa shape index (κ2) is 4.23. The number of aryl methyl sites for hydroxylation is 1. The first-order chi connectivity index (χ1) is 8.78. The van der Waals surface area contributed by atoms with Crippen LogP contribution in [0.25, 0.3) is 22.3 Å². The molecule has 0 bridgehead atoms. The van der Waals surface area contributed by atoms with Gasteiger partial charge in [0.25, 0.3) is 0 Å². The molecule has 3 N–H and O–H groups in total. The zero-order valence-corrected chi connectivity index (χ0v) is 10.1. The van der Waals surface area contributed by atoms with Gasteiger partial charge in [0.1, 0.15) is 5.69 Å². The highest BCUT2D eigenvalue weighted by Crippen LogP contribution is 2.22. The number of fused-ring (bicyclic) bond motifs is 1. The van der Waals surface area contributed by atoms with Gasteiger partial charge in [0.2, 0.25) is 0 Å². The fourth-order valence-corrected chi connectivity index (χ4v) is 2.02. The predicted molar refractivity (Wildman–Crippen MR) is 72.0 cm³/mol. The molecule has 0 amide bonds. The fourth-order valence-electron chi connectivity index (χ4n) is 2.02. The molecule has 0 aliphatic carbocycles. The maximum Gasteiger partial charge on any atom is 0.105 e. The standard InChI is InChI=1S/C14H14N4/c1-9-13(7-15)18-14(8-16-9)12-6-10-4-2-3-5-11(10)17-12/h2-6,8,17H,7,15H2,1H3. The van der Waals surface area contributed by atoms with Gasteiger partial charge in [-0.3, -0.25) is 4.98 Å².